The third kappa shape index (κ3) is 30.3. The lowest BCUT2D eigenvalue weighted by Gasteiger charge is -2.29. The van der Waals surface area contributed by atoms with E-state index >= 15 is 0 Å². The van der Waals surface area contributed by atoms with Crippen LogP contribution in [0.3, 0.4) is 0 Å². The molecule has 0 aliphatic carbocycles. The Morgan fingerprint density at radius 3 is 1.34 bits per heavy atom. The Labute approximate surface area is 273 Å². The van der Waals surface area contributed by atoms with Crippen molar-refractivity contribution in [1.29, 1.82) is 0 Å². The van der Waals surface area contributed by atoms with Crippen LogP contribution in [-0.4, -0.2) is 23.7 Å². The van der Waals surface area contributed by atoms with Crippen LogP contribution in [0.15, 0.2) is 36.5 Å². The van der Waals surface area contributed by atoms with Gasteiger partial charge in [0.25, 0.3) is 0 Å². The second-order valence-electron chi connectivity index (χ2n) is 12.9. The zero-order chi connectivity index (χ0) is 32.2. The zero-order valence-corrected chi connectivity index (χ0v) is 29.1. The van der Waals surface area contributed by atoms with E-state index in [-0.39, 0.29) is 0 Å². The predicted octanol–water partition coefficient (Wildman–Crippen LogP) is 11.9. The number of carbonyl (C=O) groups excluding carboxylic acids is 2. The highest BCUT2D eigenvalue weighted by atomic mass is 16.5. The molecule has 0 aromatic heterocycles. The van der Waals surface area contributed by atoms with Gasteiger partial charge in [-0.05, 0) is 70.6 Å². The molecule has 4 heteroatoms. The van der Waals surface area contributed by atoms with Gasteiger partial charge in [-0.2, -0.15) is 0 Å². The van der Waals surface area contributed by atoms with E-state index in [9.17, 15) is 9.59 Å². The molecule has 0 spiro atoms. The van der Waals surface area contributed by atoms with E-state index in [4.69, 9.17) is 10.5 Å². The maximum absolute atomic E-state index is 11.2. The third-order valence-corrected chi connectivity index (χ3v) is 8.51. The molecule has 0 amide bonds. The van der Waals surface area contributed by atoms with Gasteiger partial charge in [-0.3, -0.25) is 5.73 Å². The first-order valence-electron chi connectivity index (χ1n) is 18.8. The Morgan fingerprint density at radius 2 is 0.932 bits per heavy atom. The normalized spacial score (nSPS) is 13.6. The lowest BCUT2D eigenvalue weighted by Crippen LogP contribution is -2.43. The summed E-state index contributed by atoms with van der Waals surface area (Å²) in [6.45, 7) is 4.53. The van der Waals surface area contributed by atoms with Gasteiger partial charge in [0.05, 0.1) is 6.10 Å². The Morgan fingerprint density at radius 1 is 0.545 bits per heavy atom. The fourth-order valence-electron chi connectivity index (χ4n) is 5.69. The van der Waals surface area contributed by atoms with Crippen LogP contribution >= 0.6 is 0 Å². The van der Waals surface area contributed by atoms with E-state index in [0.29, 0.717) is 12.8 Å². The highest BCUT2D eigenvalue weighted by Crippen LogP contribution is 2.22. The second kappa shape index (κ2) is 34.2. The molecule has 0 fully saturated rings. The van der Waals surface area contributed by atoms with Gasteiger partial charge in [0.15, 0.2) is 0 Å². The molecule has 2 atom stereocenters. The van der Waals surface area contributed by atoms with E-state index in [0.717, 1.165) is 38.5 Å². The first-order valence-corrected chi connectivity index (χ1v) is 18.8. The average molecular weight is 614 g/mol. The largest absolute Gasteiger partial charge is 0.348 e. The molecule has 0 aromatic carbocycles. The Bertz CT molecular complexity index is 763. The summed E-state index contributed by atoms with van der Waals surface area (Å²) in [5.74, 6) is 3.71. The van der Waals surface area contributed by atoms with E-state index in [1.54, 1.807) is 0 Å². The fourth-order valence-corrected chi connectivity index (χ4v) is 5.69. The second-order valence-corrected chi connectivity index (χ2v) is 12.9. The Balaban J connectivity index is 4.00. The molecule has 0 aliphatic rings. The third-order valence-electron chi connectivity index (χ3n) is 8.51. The van der Waals surface area contributed by atoms with Crippen molar-refractivity contribution < 1.29 is 14.3 Å². The van der Waals surface area contributed by atoms with Gasteiger partial charge in [-0.25, -0.2) is 9.59 Å². The van der Waals surface area contributed by atoms with Crippen molar-refractivity contribution in [3.8, 4) is 0 Å². The van der Waals surface area contributed by atoms with Crippen molar-refractivity contribution in [3.05, 3.63) is 36.5 Å². The molecule has 0 bridgehead atoms. The van der Waals surface area contributed by atoms with Gasteiger partial charge in [0, 0.05) is 12.2 Å². The minimum Gasteiger partial charge on any atom is -0.348 e. The SMILES string of the molecule is CCCCCCCC/C=C\CCCCCCCC(C=C=O)OC(N)(C=C=O)CCCCCCC/C=C\CCCCCCCC. The number of rotatable bonds is 34. The molecule has 0 aliphatic heterocycles. The highest BCUT2D eigenvalue weighted by Gasteiger charge is 2.26. The predicted molar refractivity (Wildman–Crippen MR) is 191 cm³/mol. The summed E-state index contributed by atoms with van der Waals surface area (Å²) in [6.07, 6.45) is 45.2. The molecule has 0 saturated heterocycles. The van der Waals surface area contributed by atoms with Gasteiger partial charge in [0.2, 0.25) is 0 Å². The summed E-state index contributed by atoms with van der Waals surface area (Å²) in [6, 6.07) is 0. The van der Waals surface area contributed by atoms with Crippen LogP contribution in [0.4, 0.5) is 0 Å². The van der Waals surface area contributed by atoms with Gasteiger partial charge in [-0.15, -0.1) is 0 Å². The monoisotopic (exact) mass is 614 g/mol. The number of hydrogen-bond donors (Lipinski definition) is 1. The summed E-state index contributed by atoms with van der Waals surface area (Å²) in [7, 11) is 0. The van der Waals surface area contributed by atoms with E-state index in [2.05, 4.69) is 38.2 Å². The summed E-state index contributed by atoms with van der Waals surface area (Å²) in [5.41, 5.74) is 5.26. The fraction of sp³-hybridized carbons (Fsp3) is 0.800. The summed E-state index contributed by atoms with van der Waals surface area (Å²) < 4.78 is 6.08. The molecule has 0 radical (unpaired) electrons. The molecule has 2 N–H and O–H groups in total. The molecular formula is C40H71NO3. The molecule has 0 rings (SSSR count). The minimum atomic E-state index is -1.18. The van der Waals surface area contributed by atoms with Crippen molar-refractivity contribution >= 4 is 11.9 Å². The lowest BCUT2D eigenvalue weighted by molar-refractivity contribution is -0.0476. The van der Waals surface area contributed by atoms with Crippen molar-refractivity contribution in [2.75, 3.05) is 0 Å². The first-order chi connectivity index (χ1) is 21.6. The number of unbranched alkanes of at least 4 members (excludes halogenated alkanes) is 22. The smallest absolute Gasteiger partial charge is 0.147 e. The highest BCUT2D eigenvalue weighted by molar-refractivity contribution is 5.48. The molecule has 254 valence electrons. The number of allylic oxidation sites excluding steroid dienone is 4. The van der Waals surface area contributed by atoms with E-state index in [1.807, 2.05) is 11.9 Å². The van der Waals surface area contributed by atoms with Crippen molar-refractivity contribution in [2.45, 2.75) is 205 Å². The molecule has 0 saturated carbocycles. The van der Waals surface area contributed by atoms with Crippen LogP contribution in [0, 0.1) is 0 Å². The quantitative estimate of drug-likeness (QED) is 0.0339. The first kappa shape index (κ1) is 42.3. The molecule has 4 nitrogen and oxygen atoms in total. The van der Waals surface area contributed by atoms with Crippen LogP contribution < -0.4 is 5.73 Å². The minimum absolute atomic E-state index is 0.421. The number of nitrogens with two attached hydrogens (primary N) is 1. The topological polar surface area (TPSA) is 69.4 Å². The van der Waals surface area contributed by atoms with Gasteiger partial charge in [-0.1, -0.05) is 147 Å². The number of ether oxygens (including phenoxy) is 1. The van der Waals surface area contributed by atoms with Crippen LogP contribution in [-0.2, 0) is 14.3 Å². The maximum Gasteiger partial charge on any atom is 0.147 e. The van der Waals surface area contributed by atoms with Gasteiger partial charge < -0.3 is 4.74 Å². The standard InChI is InChI=1S/C40H71NO3/c1-3-5-7-9-11-13-15-17-19-21-23-25-27-29-31-33-39(34-37-42)44-40(41,36-38-43)35-32-30-28-26-24-22-20-18-16-14-12-10-8-6-4-2/h17-20,34,36,39H,3-16,21-33,35,41H2,1-2H3/b19-17-,20-18-. The summed E-state index contributed by atoms with van der Waals surface area (Å²) in [4.78, 5) is 22.3. The molecule has 0 aromatic rings. The molecular weight excluding hydrogens is 542 g/mol. The van der Waals surface area contributed by atoms with Crippen LogP contribution in [0.1, 0.15) is 194 Å². The van der Waals surface area contributed by atoms with Gasteiger partial charge in [0.1, 0.15) is 17.6 Å². The van der Waals surface area contributed by atoms with E-state index < -0.39 is 11.8 Å². The molecule has 2 unspecified atom stereocenters. The number of hydrogen-bond acceptors (Lipinski definition) is 4. The Hall–Kier alpha value is -1.70. The summed E-state index contributed by atoms with van der Waals surface area (Å²) >= 11 is 0. The maximum atomic E-state index is 11.2. The van der Waals surface area contributed by atoms with Crippen LogP contribution in [0.5, 0.6) is 0 Å². The van der Waals surface area contributed by atoms with Crippen LogP contribution in [0.25, 0.3) is 0 Å². The van der Waals surface area contributed by atoms with Crippen LogP contribution in [0.2, 0.25) is 0 Å². The van der Waals surface area contributed by atoms with Crippen molar-refractivity contribution in [3.63, 3.8) is 0 Å². The Kier molecular flexibility index (Phi) is 32.9. The van der Waals surface area contributed by atoms with Gasteiger partial charge >= 0.3 is 0 Å². The lowest BCUT2D eigenvalue weighted by atomic mass is 10.0. The average Bonchev–Trinajstić information content (AvgIpc) is 3.01. The molecule has 0 heterocycles. The summed E-state index contributed by atoms with van der Waals surface area (Å²) in [5, 5.41) is 0. The zero-order valence-electron chi connectivity index (χ0n) is 29.1. The van der Waals surface area contributed by atoms with Crippen molar-refractivity contribution in [2.24, 2.45) is 5.73 Å². The van der Waals surface area contributed by atoms with E-state index in [1.165, 1.54) is 141 Å². The molecule has 44 heavy (non-hydrogen) atoms. The van der Waals surface area contributed by atoms with Crippen molar-refractivity contribution in [1.82, 2.24) is 0 Å².